The molecule has 1 aliphatic rings. The number of halogens is 4. The predicted molar refractivity (Wildman–Crippen MR) is 86.7 cm³/mol. The maximum absolute atomic E-state index is 13.9. The molecule has 2 aromatic carbocycles. The van der Waals surface area contributed by atoms with Crippen LogP contribution >= 0.6 is 34.8 Å². The first-order valence-corrected chi connectivity index (χ1v) is 7.71. The van der Waals surface area contributed by atoms with Crippen molar-refractivity contribution < 1.29 is 4.39 Å². The van der Waals surface area contributed by atoms with Gasteiger partial charge in [0.05, 0.1) is 32.1 Å². The van der Waals surface area contributed by atoms with E-state index in [4.69, 9.17) is 34.8 Å². The largest absolute Gasteiger partial charge is 0.378 e. The normalized spacial score (nSPS) is 12.2. The van der Waals surface area contributed by atoms with E-state index in [-0.39, 0.29) is 11.6 Å². The van der Waals surface area contributed by atoms with Gasteiger partial charge in [0.25, 0.3) is 0 Å². The highest BCUT2D eigenvalue weighted by Gasteiger charge is 2.19. The molecule has 0 amide bonds. The summed E-state index contributed by atoms with van der Waals surface area (Å²) >= 11 is 19.0. The highest BCUT2D eigenvalue weighted by Crippen LogP contribution is 2.47. The van der Waals surface area contributed by atoms with E-state index in [0.717, 1.165) is 11.4 Å². The van der Waals surface area contributed by atoms with Gasteiger partial charge in [-0.2, -0.15) is 8.73 Å². The summed E-state index contributed by atoms with van der Waals surface area (Å²) < 4.78 is 22.2. The van der Waals surface area contributed by atoms with E-state index < -0.39 is 5.82 Å². The Morgan fingerprint density at radius 1 is 1.05 bits per heavy atom. The van der Waals surface area contributed by atoms with Crippen LogP contribution < -0.4 is 5.32 Å². The van der Waals surface area contributed by atoms with Crippen LogP contribution in [0, 0.1) is 5.82 Å². The predicted octanol–water partition coefficient (Wildman–Crippen LogP) is 6.12. The van der Waals surface area contributed by atoms with Gasteiger partial charge in [0.15, 0.2) is 0 Å². The van der Waals surface area contributed by atoms with Gasteiger partial charge >= 0.3 is 0 Å². The van der Waals surface area contributed by atoms with Gasteiger partial charge in [-0.1, -0.05) is 46.9 Å². The Hall–Kier alpha value is -1.14. The minimum Gasteiger partial charge on any atom is -0.378 e. The van der Waals surface area contributed by atoms with Crippen molar-refractivity contribution in [3.8, 4) is 0 Å². The summed E-state index contributed by atoms with van der Waals surface area (Å²) in [4.78, 5) is 0. The maximum Gasteiger partial charge on any atom is 0.146 e. The molecule has 0 unspecified atom stereocenters. The summed E-state index contributed by atoms with van der Waals surface area (Å²) in [7, 11) is 0. The lowest BCUT2D eigenvalue weighted by Gasteiger charge is -2.12. The van der Waals surface area contributed by atoms with Crippen molar-refractivity contribution in [2.75, 3.05) is 5.32 Å². The minimum atomic E-state index is -0.454. The van der Waals surface area contributed by atoms with Crippen molar-refractivity contribution in [3.05, 3.63) is 50.7 Å². The molecular formula is C13H7Cl3FN3S. The van der Waals surface area contributed by atoms with Crippen LogP contribution in [0.3, 0.4) is 0 Å². The second kappa shape index (κ2) is 5.93. The number of hydrogen-bond donors (Lipinski definition) is 1. The van der Waals surface area contributed by atoms with Crippen molar-refractivity contribution in [1.82, 2.24) is 0 Å². The highest BCUT2D eigenvalue weighted by atomic mass is 35.5. The van der Waals surface area contributed by atoms with Gasteiger partial charge in [0.1, 0.15) is 17.2 Å². The van der Waals surface area contributed by atoms with Gasteiger partial charge in [0.2, 0.25) is 0 Å². The molecule has 0 atom stereocenters. The molecule has 2 aromatic rings. The number of rotatable bonds is 3. The Morgan fingerprint density at radius 2 is 1.81 bits per heavy atom. The zero-order valence-electron chi connectivity index (χ0n) is 10.3. The molecule has 0 spiro atoms. The highest BCUT2D eigenvalue weighted by molar-refractivity contribution is 7.58. The summed E-state index contributed by atoms with van der Waals surface area (Å²) in [5.74, 6) is -0.454. The first-order chi connectivity index (χ1) is 10.1. The Bertz CT molecular complexity index is 804. The Labute approximate surface area is 138 Å². The van der Waals surface area contributed by atoms with Crippen molar-refractivity contribution in [2.45, 2.75) is 6.54 Å². The molecule has 0 aliphatic carbocycles. The molecule has 8 heteroatoms. The molecular weight excluding hydrogens is 356 g/mol. The van der Waals surface area contributed by atoms with Crippen molar-refractivity contribution in [1.29, 1.82) is 0 Å². The number of nitrogens with one attached hydrogen (secondary N) is 1. The fourth-order valence-electron chi connectivity index (χ4n) is 1.91. The first kappa shape index (κ1) is 14.8. The average Bonchev–Trinajstić information content (AvgIpc) is 2.92. The lowest BCUT2D eigenvalue weighted by molar-refractivity contribution is 0.613. The second-order valence-corrected chi connectivity index (χ2v) is 5.99. The quantitative estimate of drug-likeness (QED) is 0.598. The number of anilines is 1. The summed E-state index contributed by atoms with van der Waals surface area (Å²) in [5.41, 5.74) is 2.15. The van der Waals surface area contributed by atoms with Gasteiger partial charge in [-0.3, -0.25) is 0 Å². The molecule has 1 N–H and O–H groups in total. The van der Waals surface area contributed by atoms with Crippen LogP contribution in [0.2, 0.25) is 15.1 Å². The molecule has 108 valence electrons. The van der Waals surface area contributed by atoms with Crippen LogP contribution in [0.4, 0.5) is 21.5 Å². The molecule has 0 fully saturated rings. The van der Waals surface area contributed by atoms with Gasteiger partial charge in [-0.15, -0.1) is 0 Å². The Morgan fingerprint density at radius 3 is 2.62 bits per heavy atom. The molecule has 3 nitrogen and oxygen atoms in total. The third kappa shape index (κ3) is 2.79. The molecule has 0 saturated heterocycles. The number of benzene rings is 2. The van der Waals surface area contributed by atoms with Crippen molar-refractivity contribution in [2.24, 2.45) is 8.73 Å². The van der Waals surface area contributed by atoms with E-state index >= 15 is 0 Å². The molecule has 0 radical (unpaired) electrons. The lowest BCUT2D eigenvalue weighted by atomic mass is 10.2. The van der Waals surface area contributed by atoms with E-state index in [1.54, 1.807) is 18.2 Å². The van der Waals surface area contributed by atoms with Gasteiger partial charge in [-0.25, -0.2) is 4.39 Å². The molecule has 0 bridgehead atoms. The zero-order valence-corrected chi connectivity index (χ0v) is 13.4. The van der Waals surface area contributed by atoms with Crippen LogP contribution in [-0.2, 0) is 17.9 Å². The van der Waals surface area contributed by atoms with Crippen LogP contribution in [0.1, 0.15) is 5.56 Å². The lowest BCUT2D eigenvalue weighted by Crippen LogP contribution is -2.03. The third-order valence-corrected chi connectivity index (χ3v) is 4.34. The van der Waals surface area contributed by atoms with Gasteiger partial charge in [-0.05, 0) is 12.1 Å². The van der Waals surface area contributed by atoms with Crippen LogP contribution in [0.5, 0.6) is 0 Å². The first-order valence-electron chi connectivity index (χ1n) is 5.85. The standard InChI is InChI=1S/C13H7Cl3FN3S/c14-7-3-1-2-6(10(7)17)5-18-11-8(15)4-9(16)12-13(11)20-21-19-12/h1-4,18H,5H2. The van der Waals surface area contributed by atoms with Gasteiger partial charge in [0, 0.05) is 12.1 Å². The summed E-state index contributed by atoms with van der Waals surface area (Å²) in [6, 6.07) is 6.42. The minimum absolute atomic E-state index is 0.0805. The molecule has 1 heterocycles. The van der Waals surface area contributed by atoms with E-state index in [2.05, 4.69) is 14.0 Å². The monoisotopic (exact) mass is 361 g/mol. The fourth-order valence-corrected chi connectivity index (χ4v) is 3.28. The van der Waals surface area contributed by atoms with E-state index in [0.29, 0.717) is 32.7 Å². The Balaban J connectivity index is 1.92. The topological polar surface area (TPSA) is 36.8 Å². The fraction of sp³-hybridized carbons (Fsp3) is 0.0769. The molecule has 3 rings (SSSR count). The summed E-state index contributed by atoms with van der Waals surface area (Å²) in [6.45, 7) is 0.223. The van der Waals surface area contributed by atoms with E-state index in [9.17, 15) is 4.39 Å². The number of fused-ring (bicyclic) bond motifs is 1. The summed E-state index contributed by atoms with van der Waals surface area (Å²) in [6.07, 6.45) is 0. The third-order valence-electron chi connectivity index (χ3n) is 2.93. The summed E-state index contributed by atoms with van der Waals surface area (Å²) in [5, 5.41) is 3.99. The molecule has 21 heavy (non-hydrogen) atoms. The van der Waals surface area contributed by atoms with Crippen LogP contribution in [0.25, 0.3) is 0 Å². The molecule has 1 aliphatic heterocycles. The molecule has 0 saturated carbocycles. The SMILES string of the molecule is Fc1c(Cl)cccc1CNc1c(Cl)cc(Cl)c2c1N=S=N2. The number of nitrogens with zero attached hydrogens (tertiary/aromatic N) is 2. The second-order valence-electron chi connectivity index (χ2n) is 4.24. The number of hydrogen-bond acceptors (Lipinski definition) is 3. The smallest absolute Gasteiger partial charge is 0.146 e. The Kier molecular flexibility index (Phi) is 4.17. The van der Waals surface area contributed by atoms with Crippen LogP contribution in [0.15, 0.2) is 33.0 Å². The average molecular weight is 363 g/mol. The zero-order chi connectivity index (χ0) is 15.0. The van der Waals surface area contributed by atoms with Crippen LogP contribution in [-0.4, -0.2) is 0 Å². The molecule has 0 aromatic heterocycles. The van der Waals surface area contributed by atoms with E-state index in [1.165, 1.54) is 6.07 Å². The van der Waals surface area contributed by atoms with Crippen molar-refractivity contribution >= 4 is 63.2 Å². The van der Waals surface area contributed by atoms with Gasteiger partial charge < -0.3 is 5.32 Å². The van der Waals surface area contributed by atoms with E-state index in [1.807, 2.05) is 0 Å². The maximum atomic E-state index is 13.9. The van der Waals surface area contributed by atoms with Crippen molar-refractivity contribution in [3.63, 3.8) is 0 Å².